The Morgan fingerprint density at radius 2 is 1.97 bits per heavy atom. The first-order valence-corrected chi connectivity index (χ1v) is 10.5. The summed E-state index contributed by atoms with van der Waals surface area (Å²) in [5, 5.41) is 10.6. The number of fused-ring (bicyclic) bond motifs is 2. The summed E-state index contributed by atoms with van der Waals surface area (Å²) < 4.78 is 0.935. The van der Waals surface area contributed by atoms with Gasteiger partial charge in [0.15, 0.2) is 0 Å². The van der Waals surface area contributed by atoms with Crippen LogP contribution in [0, 0.1) is 4.91 Å². The fourth-order valence-corrected chi connectivity index (χ4v) is 4.89. The van der Waals surface area contributed by atoms with Crippen LogP contribution in [0.15, 0.2) is 72.2 Å². The maximum absolute atomic E-state index is 13.1. The van der Waals surface area contributed by atoms with Crippen LogP contribution >= 0.6 is 11.3 Å². The Morgan fingerprint density at radius 3 is 2.80 bits per heavy atom. The molecule has 7 heteroatoms. The minimum absolute atomic E-state index is 0.170. The van der Waals surface area contributed by atoms with Crippen LogP contribution in [0.3, 0.4) is 0 Å². The predicted molar refractivity (Wildman–Crippen MR) is 121 cm³/mol. The molecule has 2 N–H and O–H groups in total. The third-order valence-electron chi connectivity index (χ3n) is 5.32. The molecular formula is C23H18N4O2S. The van der Waals surface area contributed by atoms with Crippen LogP contribution in [0.5, 0.6) is 0 Å². The fraction of sp³-hybridized carbons (Fsp3) is 0.130. The topological polar surface area (TPSA) is 83.5 Å². The molecule has 1 atom stereocenters. The van der Waals surface area contributed by atoms with Crippen LogP contribution in [0.25, 0.3) is 10.1 Å². The minimum atomic E-state index is -0.255. The van der Waals surface area contributed by atoms with E-state index < -0.39 is 0 Å². The third kappa shape index (κ3) is 3.33. The average Bonchev–Trinajstić information content (AvgIpc) is 3.36. The van der Waals surface area contributed by atoms with Gasteiger partial charge in [-0.2, -0.15) is 4.91 Å². The Kier molecular flexibility index (Phi) is 4.72. The summed E-state index contributed by atoms with van der Waals surface area (Å²) in [4.78, 5) is 28.9. The Bertz CT molecular complexity index is 1250. The number of para-hydroxylation sites is 1. The number of benzene rings is 2. The summed E-state index contributed by atoms with van der Waals surface area (Å²) in [6.45, 7) is 0. The summed E-state index contributed by atoms with van der Waals surface area (Å²) in [6, 6.07) is 17.0. The molecule has 1 aliphatic rings. The van der Waals surface area contributed by atoms with E-state index in [4.69, 9.17) is 0 Å². The first-order valence-electron chi connectivity index (χ1n) is 9.68. The SMILES string of the molecule is O=NC1CCc2cc(Nc3c(C(=O)Nc4ccccc4)sc4cnccc34)ccc21. The van der Waals surface area contributed by atoms with Gasteiger partial charge in [0.25, 0.3) is 5.91 Å². The fourth-order valence-electron chi connectivity index (χ4n) is 3.87. The van der Waals surface area contributed by atoms with Crippen LogP contribution in [0.4, 0.5) is 17.1 Å². The maximum atomic E-state index is 13.1. The van der Waals surface area contributed by atoms with Gasteiger partial charge >= 0.3 is 0 Å². The maximum Gasteiger partial charge on any atom is 0.267 e. The molecule has 0 fully saturated rings. The smallest absolute Gasteiger partial charge is 0.267 e. The Morgan fingerprint density at radius 1 is 1.10 bits per heavy atom. The lowest BCUT2D eigenvalue weighted by Crippen LogP contribution is -2.11. The van der Waals surface area contributed by atoms with Crippen molar-refractivity contribution in [2.75, 3.05) is 10.6 Å². The number of pyridine rings is 1. The number of nitroso groups, excluding NO2 is 1. The van der Waals surface area contributed by atoms with E-state index in [0.29, 0.717) is 4.88 Å². The molecule has 2 aromatic heterocycles. The van der Waals surface area contributed by atoms with E-state index in [-0.39, 0.29) is 11.9 Å². The third-order valence-corrected chi connectivity index (χ3v) is 6.46. The van der Waals surface area contributed by atoms with Crippen molar-refractivity contribution >= 4 is 44.4 Å². The molecular weight excluding hydrogens is 396 g/mol. The minimum Gasteiger partial charge on any atom is -0.354 e. The quantitative estimate of drug-likeness (QED) is 0.390. The molecule has 1 amide bonds. The number of nitrogens with one attached hydrogen (secondary N) is 2. The highest BCUT2D eigenvalue weighted by molar-refractivity contribution is 7.21. The number of rotatable bonds is 5. The van der Waals surface area contributed by atoms with Gasteiger partial charge in [0.05, 0.1) is 10.4 Å². The van der Waals surface area contributed by atoms with Crippen molar-refractivity contribution in [3.63, 3.8) is 0 Å². The second-order valence-corrected chi connectivity index (χ2v) is 8.25. The van der Waals surface area contributed by atoms with Crippen LogP contribution in [0.1, 0.15) is 33.3 Å². The first-order chi connectivity index (χ1) is 14.7. The summed E-state index contributed by atoms with van der Waals surface area (Å²) in [5.74, 6) is -0.170. The zero-order valence-electron chi connectivity index (χ0n) is 16.0. The Labute approximate surface area is 176 Å². The first kappa shape index (κ1) is 18.4. The van der Waals surface area contributed by atoms with Gasteiger partial charge in [-0.25, -0.2) is 0 Å². The monoisotopic (exact) mass is 414 g/mol. The van der Waals surface area contributed by atoms with Gasteiger partial charge in [-0.3, -0.25) is 9.78 Å². The molecule has 1 aliphatic carbocycles. The largest absolute Gasteiger partial charge is 0.354 e. The Balaban J connectivity index is 1.51. The summed E-state index contributed by atoms with van der Waals surface area (Å²) in [7, 11) is 0. The normalized spacial score (nSPS) is 15.0. The number of aromatic nitrogens is 1. The number of hydrogen-bond acceptors (Lipinski definition) is 6. The lowest BCUT2D eigenvalue weighted by atomic mass is 10.1. The highest BCUT2D eigenvalue weighted by Crippen LogP contribution is 2.40. The number of carbonyl (C=O) groups excluding carboxylic acids is 1. The molecule has 0 spiro atoms. The van der Waals surface area contributed by atoms with Gasteiger partial charge < -0.3 is 10.6 Å². The highest BCUT2D eigenvalue weighted by atomic mass is 32.1. The summed E-state index contributed by atoms with van der Waals surface area (Å²) in [5.41, 5.74) is 4.51. The predicted octanol–water partition coefficient (Wildman–Crippen LogP) is 6.05. The second kappa shape index (κ2) is 7.68. The number of hydrogen-bond donors (Lipinski definition) is 2. The van der Waals surface area contributed by atoms with Gasteiger partial charge in [0.1, 0.15) is 10.9 Å². The Hall–Kier alpha value is -3.58. The van der Waals surface area contributed by atoms with E-state index in [0.717, 1.165) is 51.1 Å². The number of carbonyl (C=O) groups is 1. The van der Waals surface area contributed by atoms with E-state index >= 15 is 0 Å². The van der Waals surface area contributed by atoms with Crippen LogP contribution in [0.2, 0.25) is 0 Å². The molecule has 0 bridgehead atoms. The number of anilines is 3. The van der Waals surface area contributed by atoms with Crippen molar-refractivity contribution in [3.8, 4) is 0 Å². The number of nitrogens with zero attached hydrogens (tertiary/aromatic N) is 2. The van der Waals surface area contributed by atoms with E-state index in [1.807, 2.05) is 54.6 Å². The molecule has 2 aromatic carbocycles. The number of aryl methyl sites for hydroxylation is 1. The van der Waals surface area contributed by atoms with Gasteiger partial charge in [-0.1, -0.05) is 29.4 Å². The van der Waals surface area contributed by atoms with Gasteiger partial charge in [0, 0.05) is 29.2 Å². The molecule has 0 radical (unpaired) electrons. The molecule has 4 aromatic rings. The highest BCUT2D eigenvalue weighted by Gasteiger charge is 2.24. The van der Waals surface area contributed by atoms with Crippen molar-refractivity contribution < 1.29 is 4.79 Å². The molecule has 0 aliphatic heterocycles. The van der Waals surface area contributed by atoms with Crippen molar-refractivity contribution in [1.29, 1.82) is 0 Å². The molecule has 2 heterocycles. The molecule has 0 saturated heterocycles. The lowest BCUT2D eigenvalue weighted by molar-refractivity contribution is 0.103. The average molecular weight is 414 g/mol. The lowest BCUT2D eigenvalue weighted by Gasteiger charge is -2.11. The van der Waals surface area contributed by atoms with Gasteiger partial charge in [0.2, 0.25) is 0 Å². The molecule has 30 heavy (non-hydrogen) atoms. The van der Waals surface area contributed by atoms with Gasteiger partial charge in [-0.05, 0) is 54.3 Å². The van der Waals surface area contributed by atoms with Crippen molar-refractivity contribution in [2.45, 2.75) is 18.9 Å². The van der Waals surface area contributed by atoms with Crippen LogP contribution < -0.4 is 10.6 Å². The number of thiophene rings is 1. The molecule has 5 rings (SSSR count). The van der Waals surface area contributed by atoms with Crippen molar-refractivity contribution in [2.24, 2.45) is 5.18 Å². The second-order valence-electron chi connectivity index (χ2n) is 7.20. The number of amides is 1. The standard InChI is InChI=1S/C23H18N4O2S/c28-23(26-15-4-2-1-3-5-15)22-21(18-10-11-24-13-20(18)30-22)25-16-7-8-17-14(12-16)6-9-19(17)27-29/h1-5,7-8,10-13,19,25H,6,9H2,(H,26,28). The van der Waals surface area contributed by atoms with E-state index in [9.17, 15) is 9.70 Å². The molecule has 0 saturated carbocycles. The van der Waals surface area contributed by atoms with Gasteiger partial charge in [-0.15, -0.1) is 11.3 Å². The van der Waals surface area contributed by atoms with Crippen LogP contribution in [-0.4, -0.2) is 10.9 Å². The molecule has 148 valence electrons. The van der Waals surface area contributed by atoms with Crippen LogP contribution in [-0.2, 0) is 6.42 Å². The van der Waals surface area contributed by atoms with Crippen molar-refractivity contribution in [3.05, 3.63) is 87.9 Å². The summed E-state index contributed by atoms with van der Waals surface area (Å²) in [6.07, 6.45) is 5.08. The zero-order chi connectivity index (χ0) is 20.5. The van der Waals surface area contributed by atoms with E-state index in [1.165, 1.54) is 11.3 Å². The van der Waals surface area contributed by atoms with Crippen molar-refractivity contribution in [1.82, 2.24) is 4.98 Å². The molecule has 1 unspecified atom stereocenters. The summed E-state index contributed by atoms with van der Waals surface area (Å²) >= 11 is 1.41. The van der Waals surface area contributed by atoms with E-state index in [2.05, 4.69) is 20.8 Å². The molecule has 6 nitrogen and oxygen atoms in total. The van der Waals surface area contributed by atoms with E-state index in [1.54, 1.807) is 12.4 Å². The zero-order valence-corrected chi connectivity index (χ0v) is 16.8.